The summed E-state index contributed by atoms with van der Waals surface area (Å²) < 4.78 is 47.2. The highest BCUT2D eigenvalue weighted by atomic mass is 32.2. The van der Waals surface area contributed by atoms with E-state index in [0.717, 1.165) is 6.26 Å². The summed E-state index contributed by atoms with van der Waals surface area (Å²) in [6.07, 6.45) is 2.46. The molecule has 6 nitrogen and oxygen atoms in total. The van der Waals surface area contributed by atoms with Crippen molar-refractivity contribution in [3.8, 4) is 0 Å². The van der Waals surface area contributed by atoms with E-state index in [4.69, 9.17) is 5.14 Å². The number of hydrogen-bond acceptors (Lipinski definition) is 4. The van der Waals surface area contributed by atoms with Gasteiger partial charge in [0.2, 0.25) is 10.0 Å². The zero-order valence-corrected chi connectivity index (χ0v) is 11.4. The van der Waals surface area contributed by atoms with Crippen molar-refractivity contribution in [1.82, 2.24) is 4.57 Å². The van der Waals surface area contributed by atoms with Crippen LogP contribution < -0.4 is 5.14 Å². The van der Waals surface area contributed by atoms with Crippen LogP contribution in [0.25, 0.3) is 10.9 Å². The van der Waals surface area contributed by atoms with Gasteiger partial charge in [0.15, 0.2) is 9.84 Å². The Kier molecular flexibility index (Phi) is 2.76. The molecule has 18 heavy (non-hydrogen) atoms. The molecule has 1 aromatic heterocycles. The van der Waals surface area contributed by atoms with Crippen LogP contribution in [0.3, 0.4) is 0 Å². The minimum Gasteiger partial charge on any atom is -0.349 e. The average Bonchev–Trinajstić information content (AvgIpc) is 2.54. The number of fused-ring (bicyclic) bond motifs is 1. The van der Waals surface area contributed by atoms with Crippen molar-refractivity contribution >= 4 is 30.8 Å². The van der Waals surface area contributed by atoms with Gasteiger partial charge in [-0.1, -0.05) is 6.07 Å². The lowest BCUT2D eigenvalue weighted by atomic mass is 10.2. The van der Waals surface area contributed by atoms with E-state index in [2.05, 4.69) is 0 Å². The normalized spacial score (nSPS) is 13.1. The third-order valence-corrected chi connectivity index (χ3v) is 4.71. The van der Waals surface area contributed by atoms with E-state index in [9.17, 15) is 16.8 Å². The fraction of sp³-hybridized carbons (Fsp3) is 0.200. The Labute approximate surface area is 105 Å². The number of aromatic nitrogens is 1. The Morgan fingerprint density at radius 3 is 2.28 bits per heavy atom. The highest BCUT2D eigenvalue weighted by Gasteiger charge is 2.18. The SMILES string of the molecule is Cn1cc(S(N)(=O)=O)c2ccc(S(C)(=O)=O)cc21. The number of sulfone groups is 1. The predicted molar refractivity (Wildman–Crippen MR) is 67.4 cm³/mol. The number of aryl methyl sites for hydroxylation is 1. The van der Waals surface area contributed by atoms with E-state index in [-0.39, 0.29) is 9.79 Å². The van der Waals surface area contributed by atoms with Crippen molar-refractivity contribution in [3.05, 3.63) is 24.4 Å². The van der Waals surface area contributed by atoms with Crippen molar-refractivity contribution in [2.75, 3.05) is 6.26 Å². The van der Waals surface area contributed by atoms with Crippen LogP contribution in [0, 0.1) is 0 Å². The molecule has 0 radical (unpaired) electrons. The summed E-state index contributed by atoms with van der Waals surface area (Å²) in [4.78, 5) is 0.122. The first kappa shape index (κ1) is 13.1. The summed E-state index contributed by atoms with van der Waals surface area (Å²) >= 11 is 0. The van der Waals surface area contributed by atoms with Crippen LogP contribution in [-0.2, 0) is 26.9 Å². The van der Waals surface area contributed by atoms with E-state index in [1.165, 1.54) is 29.0 Å². The van der Waals surface area contributed by atoms with E-state index in [1.54, 1.807) is 7.05 Å². The molecule has 0 aliphatic carbocycles. The zero-order chi connectivity index (χ0) is 13.7. The maximum atomic E-state index is 11.4. The van der Waals surface area contributed by atoms with Crippen molar-refractivity contribution in [2.24, 2.45) is 12.2 Å². The van der Waals surface area contributed by atoms with Crippen molar-refractivity contribution in [2.45, 2.75) is 9.79 Å². The minimum absolute atomic E-state index is 0.0138. The number of hydrogen-bond donors (Lipinski definition) is 1. The molecule has 0 atom stereocenters. The Morgan fingerprint density at radius 1 is 1.17 bits per heavy atom. The van der Waals surface area contributed by atoms with Gasteiger partial charge in [-0.2, -0.15) is 0 Å². The topological polar surface area (TPSA) is 99.2 Å². The van der Waals surface area contributed by atoms with Crippen LogP contribution in [-0.4, -0.2) is 27.7 Å². The molecule has 1 heterocycles. The second-order valence-corrected chi connectivity index (χ2v) is 7.65. The lowest BCUT2D eigenvalue weighted by molar-refractivity contribution is 0.597. The second-order valence-electron chi connectivity index (χ2n) is 4.10. The summed E-state index contributed by atoms with van der Waals surface area (Å²) in [7, 11) is -5.53. The van der Waals surface area contributed by atoms with E-state index in [0.29, 0.717) is 10.9 Å². The molecule has 0 saturated carbocycles. The van der Waals surface area contributed by atoms with E-state index < -0.39 is 19.9 Å². The maximum Gasteiger partial charge on any atom is 0.240 e. The maximum absolute atomic E-state index is 11.4. The van der Waals surface area contributed by atoms with Gasteiger partial charge in [-0.15, -0.1) is 0 Å². The molecule has 0 saturated heterocycles. The molecule has 2 N–H and O–H groups in total. The summed E-state index contributed by atoms with van der Waals surface area (Å²) in [6, 6.07) is 4.25. The Morgan fingerprint density at radius 2 is 1.78 bits per heavy atom. The summed E-state index contributed by atoms with van der Waals surface area (Å²) in [5, 5.41) is 5.51. The van der Waals surface area contributed by atoms with Gasteiger partial charge in [-0.25, -0.2) is 22.0 Å². The van der Waals surface area contributed by atoms with E-state index >= 15 is 0 Å². The van der Waals surface area contributed by atoms with Gasteiger partial charge in [0.1, 0.15) is 4.90 Å². The van der Waals surface area contributed by atoms with Gasteiger partial charge >= 0.3 is 0 Å². The molecule has 0 spiro atoms. The Balaban J connectivity index is 2.87. The molecule has 0 bridgehead atoms. The molecule has 0 aliphatic rings. The summed E-state index contributed by atoms with van der Waals surface area (Å²) in [6.45, 7) is 0. The van der Waals surface area contributed by atoms with Crippen LogP contribution in [0.1, 0.15) is 0 Å². The first-order valence-corrected chi connectivity index (χ1v) is 8.36. The van der Waals surface area contributed by atoms with Gasteiger partial charge in [0, 0.05) is 24.9 Å². The van der Waals surface area contributed by atoms with E-state index in [1.807, 2.05) is 0 Å². The number of rotatable bonds is 2. The first-order valence-electron chi connectivity index (χ1n) is 4.92. The summed E-state index contributed by atoms with van der Waals surface area (Å²) in [5.74, 6) is 0. The fourth-order valence-corrected chi connectivity index (χ4v) is 3.21. The number of primary sulfonamides is 1. The lowest BCUT2D eigenvalue weighted by Gasteiger charge is -2.01. The molecule has 0 aliphatic heterocycles. The number of nitrogens with two attached hydrogens (primary N) is 1. The zero-order valence-electron chi connectivity index (χ0n) is 9.78. The molecule has 2 rings (SSSR count). The van der Waals surface area contributed by atoms with Crippen molar-refractivity contribution in [1.29, 1.82) is 0 Å². The van der Waals surface area contributed by atoms with Crippen molar-refractivity contribution < 1.29 is 16.8 Å². The van der Waals surface area contributed by atoms with Crippen LogP contribution in [0.5, 0.6) is 0 Å². The molecule has 8 heteroatoms. The monoisotopic (exact) mass is 288 g/mol. The standard InChI is InChI=1S/C10H12N2O4S2/c1-12-6-10(18(11,15)16)8-4-3-7(5-9(8)12)17(2,13)14/h3-6H,1-2H3,(H2,11,15,16). The van der Waals surface area contributed by atoms with Crippen molar-refractivity contribution in [3.63, 3.8) is 0 Å². The number of sulfonamides is 1. The minimum atomic E-state index is -3.83. The second kappa shape index (κ2) is 3.81. The highest BCUT2D eigenvalue weighted by molar-refractivity contribution is 7.90. The molecule has 0 unspecified atom stereocenters. The van der Waals surface area contributed by atoms with Gasteiger partial charge in [0.25, 0.3) is 0 Å². The molecular weight excluding hydrogens is 276 g/mol. The smallest absolute Gasteiger partial charge is 0.240 e. The third kappa shape index (κ3) is 2.14. The van der Waals surface area contributed by atoms with Gasteiger partial charge in [-0.3, -0.25) is 0 Å². The lowest BCUT2D eigenvalue weighted by Crippen LogP contribution is -2.11. The van der Waals surface area contributed by atoms with Crippen LogP contribution in [0.4, 0.5) is 0 Å². The Bertz CT molecular complexity index is 832. The number of benzene rings is 1. The van der Waals surface area contributed by atoms with Crippen LogP contribution in [0.2, 0.25) is 0 Å². The van der Waals surface area contributed by atoms with Gasteiger partial charge in [0.05, 0.1) is 10.4 Å². The third-order valence-electron chi connectivity index (χ3n) is 2.66. The van der Waals surface area contributed by atoms with Crippen LogP contribution >= 0.6 is 0 Å². The highest BCUT2D eigenvalue weighted by Crippen LogP contribution is 2.26. The predicted octanol–water partition coefficient (Wildman–Crippen LogP) is 0.229. The Hall–Kier alpha value is -1.38. The largest absolute Gasteiger partial charge is 0.349 e. The van der Waals surface area contributed by atoms with Gasteiger partial charge in [-0.05, 0) is 12.1 Å². The molecular formula is C10H12N2O4S2. The molecule has 98 valence electrons. The summed E-state index contributed by atoms with van der Waals surface area (Å²) in [5.41, 5.74) is 0.502. The first-order chi connectivity index (χ1) is 8.10. The fourth-order valence-electron chi connectivity index (χ4n) is 1.78. The average molecular weight is 288 g/mol. The molecule has 0 amide bonds. The molecule has 1 aromatic carbocycles. The van der Waals surface area contributed by atoms with Crippen LogP contribution in [0.15, 0.2) is 34.2 Å². The van der Waals surface area contributed by atoms with Gasteiger partial charge < -0.3 is 4.57 Å². The molecule has 0 fully saturated rings. The molecule has 2 aromatic rings. The number of nitrogens with zero attached hydrogens (tertiary/aromatic N) is 1. The quantitative estimate of drug-likeness (QED) is 0.855.